The molecule has 168 valence electrons. The van der Waals surface area contributed by atoms with Crippen molar-refractivity contribution < 1.29 is 14.7 Å². The highest BCUT2D eigenvalue weighted by molar-refractivity contribution is 7.15. The highest BCUT2D eigenvalue weighted by Gasteiger charge is 2.21. The number of nitrogens with zero attached hydrogens (tertiary/aromatic N) is 2. The van der Waals surface area contributed by atoms with E-state index in [1.54, 1.807) is 6.20 Å². The lowest BCUT2D eigenvalue weighted by Crippen LogP contribution is -2.15. The molecule has 9 nitrogen and oxygen atoms in total. The number of nitrogens with two attached hydrogens (primary N) is 1. The van der Waals surface area contributed by atoms with Crippen molar-refractivity contribution in [1.82, 2.24) is 20.2 Å². The number of nitrogens with one attached hydrogen (secondary N) is 3. The van der Waals surface area contributed by atoms with Crippen LogP contribution in [0.4, 0.5) is 10.8 Å². The van der Waals surface area contributed by atoms with E-state index in [1.165, 1.54) is 11.3 Å². The molecule has 33 heavy (non-hydrogen) atoms. The number of H-pyrrole nitrogens is 2. The predicted octanol–water partition coefficient (Wildman–Crippen LogP) is 4.83. The Morgan fingerprint density at radius 2 is 2.00 bits per heavy atom. The quantitative estimate of drug-likeness (QED) is 0.242. The van der Waals surface area contributed by atoms with E-state index in [9.17, 15) is 4.79 Å². The van der Waals surface area contributed by atoms with Crippen LogP contribution < -0.4 is 11.1 Å². The van der Waals surface area contributed by atoms with Gasteiger partial charge in [0.1, 0.15) is 5.69 Å². The number of nitrogen functional groups attached to an aromatic ring is 1. The molecule has 0 aliphatic carbocycles. The van der Waals surface area contributed by atoms with Gasteiger partial charge in [-0.15, -0.1) is 11.3 Å². The van der Waals surface area contributed by atoms with Gasteiger partial charge in [0.2, 0.25) is 0 Å². The summed E-state index contributed by atoms with van der Waals surface area (Å²) in [6.07, 6.45) is 3.63. The van der Waals surface area contributed by atoms with Crippen molar-refractivity contribution in [3.63, 3.8) is 0 Å². The van der Waals surface area contributed by atoms with Crippen LogP contribution in [0.15, 0.2) is 48.8 Å². The van der Waals surface area contributed by atoms with Crippen LogP contribution in [-0.4, -0.2) is 37.7 Å². The van der Waals surface area contributed by atoms with Crippen LogP contribution in [0.1, 0.15) is 35.1 Å². The molecule has 0 spiro atoms. The molecule has 1 amide bonds. The first kappa shape index (κ1) is 22.0. The Morgan fingerprint density at radius 1 is 1.21 bits per heavy atom. The molecule has 0 unspecified atom stereocenters. The maximum atomic E-state index is 13.1. The van der Waals surface area contributed by atoms with Crippen molar-refractivity contribution in [2.24, 2.45) is 0 Å². The number of carboxylic acid groups (broad SMARTS) is 1. The summed E-state index contributed by atoms with van der Waals surface area (Å²) in [7, 11) is 0. The van der Waals surface area contributed by atoms with Crippen LogP contribution in [0, 0.1) is 0 Å². The van der Waals surface area contributed by atoms with E-state index in [1.807, 2.05) is 50.4 Å². The van der Waals surface area contributed by atoms with Gasteiger partial charge in [-0.25, -0.2) is 4.98 Å². The van der Waals surface area contributed by atoms with E-state index in [-0.39, 0.29) is 18.3 Å². The monoisotopic (exact) mass is 462 g/mol. The minimum Gasteiger partial charge on any atom is -0.483 e. The van der Waals surface area contributed by atoms with E-state index in [4.69, 9.17) is 15.6 Å². The number of aromatic amines is 2. The van der Waals surface area contributed by atoms with Crippen LogP contribution in [0.25, 0.3) is 32.9 Å². The number of amides is 1. The van der Waals surface area contributed by atoms with Gasteiger partial charge in [-0.2, -0.15) is 5.10 Å². The smallest absolute Gasteiger partial charge is 0.290 e. The number of anilines is 2. The zero-order valence-electron chi connectivity index (χ0n) is 17.9. The zero-order chi connectivity index (χ0) is 23.5. The Bertz CT molecular complexity index is 1450. The van der Waals surface area contributed by atoms with Gasteiger partial charge in [-0.1, -0.05) is 26.0 Å². The molecule has 3 aromatic heterocycles. The minimum absolute atomic E-state index is 0.159. The second kappa shape index (κ2) is 9.13. The topological polar surface area (TPSA) is 150 Å². The van der Waals surface area contributed by atoms with Crippen molar-refractivity contribution in [3.8, 4) is 11.1 Å². The fourth-order valence-corrected chi connectivity index (χ4v) is 4.56. The molecule has 3 heterocycles. The SMILES string of the molecule is CC(C)c1sc(N)nc1C(=O)Nc1cc(-c2cccc3[nH]ccc23)cc2[nH]ncc12.O=CO. The molecule has 0 aliphatic heterocycles. The maximum Gasteiger partial charge on any atom is 0.290 e. The average Bonchev–Trinajstić information content (AvgIpc) is 3.52. The Morgan fingerprint density at radius 3 is 2.76 bits per heavy atom. The first-order valence-corrected chi connectivity index (χ1v) is 10.9. The fraction of sp³-hybridized carbons (Fsp3) is 0.130. The highest BCUT2D eigenvalue weighted by atomic mass is 32.1. The summed E-state index contributed by atoms with van der Waals surface area (Å²) in [5.74, 6) is -0.113. The molecule has 0 bridgehead atoms. The van der Waals surface area contributed by atoms with Gasteiger partial charge in [-0.3, -0.25) is 14.7 Å². The number of thiazole rings is 1. The lowest BCUT2D eigenvalue weighted by atomic mass is 9.99. The van der Waals surface area contributed by atoms with E-state index in [0.29, 0.717) is 16.5 Å². The van der Waals surface area contributed by atoms with Gasteiger partial charge >= 0.3 is 0 Å². The number of aromatic nitrogens is 4. The van der Waals surface area contributed by atoms with Crippen molar-refractivity contribution in [1.29, 1.82) is 0 Å². The Kier molecular flexibility index (Phi) is 6.09. The van der Waals surface area contributed by atoms with Crippen LogP contribution >= 0.6 is 11.3 Å². The highest BCUT2D eigenvalue weighted by Crippen LogP contribution is 2.35. The van der Waals surface area contributed by atoms with Gasteiger partial charge < -0.3 is 21.1 Å². The number of carbonyl (C=O) groups is 2. The number of benzene rings is 2. The molecule has 0 saturated heterocycles. The van der Waals surface area contributed by atoms with Gasteiger partial charge in [0.05, 0.1) is 17.4 Å². The molecular formula is C23H22N6O3S. The molecule has 5 rings (SSSR count). The fourth-order valence-electron chi connectivity index (χ4n) is 3.73. The molecule has 0 radical (unpaired) electrons. The molecule has 0 saturated carbocycles. The summed E-state index contributed by atoms with van der Waals surface area (Å²) in [5, 5.41) is 19.4. The summed E-state index contributed by atoms with van der Waals surface area (Å²) in [6.45, 7) is 3.80. The third kappa shape index (κ3) is 4.28. The van der Waals surface area contributed by atoms with Crippen molar-refractivity contribution >= 4 is 56.3 Å². The summed E-state index contributed by atoms with van der Waals surface area (Å²) in [5.41, 5.74) is 10.9. The summed E-state index contributed by atoms with van der Waals surface area (Å²) < 4.78 is 0. The number of hydrogen-bond donors (Lipinski definition) is 5. The van der Waals surface area contributed by atoms with Crippen LogP contribution in [0.5, 0.6) is 0 Å². The van der Waals surface area contributed by atoms with Crippen molar-refractivity contribution in [2.45, 2.75) is 19.8 Å². The Hall–Kier alpha value is -4.18. The third-order valence-electron chi connectivity index (χ3n) is 5.12. The van der Waals surface area contributed by atoms with Gasteiger partial charge in [0, 0.05) is 27.4 Å². The third-order valence-corrected chi connectivity index (χ3v) is 6.31. The molecule has 6 N–H and O–H groups in total. The second-order valence-electron chi connectivity index (χ2n) is 7.58. The number of fused-ring (bicyclic) bond motifs is 2. The summed E-state index contributed by atoms with van der Waals surface area (Å²) >= 11 is 1.35. The van der Waals surface area contributed by atoms with E-state index in [0.717, 1.165) is 37.8 Å². The normalized spacial score (nSPS) is 10.9. The standard InChI is InChI=1S/C22H20N6OS.CH2O2/c1-11(2)20-19(27-22(23)30-20)21(29)26-17-8-12(9-18-15(17)10-25-28-18)13-4-3-5-16-14(13)6-7-24-16;2-1-3/h3-11,24H,1-2H3,(H2,23,27)(H,25,28)(H,26,29);1H,(H,2,3). The molecule has 5 aromatic rings. The number of hydrogen-bond acceptors (Lipinski definition) is 6. The number of rotatable bonds is 4. The van der Waals surface area contributed by atoms with Gasteiger partial charge in [0.25, 0.3) is 12.4 Å². The van der Waals surface area contributed by atoms with Crippen molar-refractivity contribution in [3.05, 3.63) is 59.4 Å². The first-order valence-electron chi connectivity index (χ1n) is 10.1. The van der Waals surface area contributed by atoms with E-state index in [2.05, 4.69) is 31.5 Å². The zero-order valence-corrected chi connectivity index (χ0v) is 18.7. The lowest BCUT2D eigenvalue weighted by molar-refractivity contribution is -0.122. The summed E-state index contributed by atoms with van der Waals surface area (Å²) in [6, 6.07) is 12.2. The maximum absolute atomic E-state index is 13.1. The van der Waals surface area contributed by atoms with Crippen LogP contribution in [0.2, 0.25) is 0 Å². The van der Waals surface area contributed by atoms with Crippen molar-refractivity contribution in [2.75, 3.05) is 11.1 Å². The molecule has 2 aromatic carbocycles. The minimum atomic E-state index is -0.272. The largest absolute Gasteiger partial charge is 0.483 e. The van der Waals surface area contributed by atoms with Gasteiger partial charge in [-0.05, 0) is 41.3 Å². The van der Waals surface area contributed by atoms with E-state index < -0.39 is 0 Å². The lowest BCUT2D eigenvalue weighted by Gasteiger charge is -2.11. The molecule has 0 aliphatic rings. The second-order valence-corrected chi connectivity index (χ2v) is 8.64. The Labute approximate surface area is 192 Å². The van der Waals surface area contributed by atoms with E-state index >= 15 is 0 Å². The summed E-state index contributed by atoms with van der Waals surface area (Å²) in [4.78, 5) is 29.8. The molecule has 10 heteroatoms. The average molecular weight is 463 g/mol. The first-order chi connectivity index (χ1) is 15.9. The predicted molar refractivity (Wildman–Crippen MR) is 131 cm³/mol. The van der Waals surface area contributed by atoms with Crippen LogP contribution in [0.3, 0.4) is 0 Å². The number of carbonyl (C=O) groups excluding carboxylic acids is 1. The van der Waals surface area contributed by atoms with Gasteiger partial charge in [0.15, 0.2) is 5.13 Å². The molecular weight excluding hydrogens is 440 g/mol. The molecule has 0 atom stereocenters. The van der Waals surface area contributed by atoms with Crippen LogP contribution in [-0.2, 0) is 4.79 Å². The molecule has 0 fully saturated rings. The Balaban J connectivity index is 0.000000821.